The zero-order valence-electron chi connectivity index (χ0n) is 16.5. The summed E-state index contributed by atoms with van der Waals surface area (Å²) in [5.74, 6) is 0.757. The van der Waals surface area contributed by atoms with E-state index in [0.29, 0.717) is 40.3 Å². The Balaban J connectivity index is 1.73. The van der Waals surface area contributed by atoms with Gasteiger partial charge in [-0.25, -0.2) is 0 Å². The quantitative estimate of drug-likeness (QED) is 0.741. The zero-order chi connectivity index (χ0) is 21.0. The monoisotopic (exact) mass is 418 g/mol. The van der Waals surface area contributed by atoms with Gasteiger partial charge in [-0.05, 0) is 37.3 Å². The molecule has 2 aromatic rings. The molecule has 8 heteroatoms. The predicted octanol–water partition coefficient (Wildman–Crippen LogP) is 3.75. The van der Waals surface area contributed by atoms with Crippen LogP contribution in [0.2, 0.25) is 5.02 Å². The Labute approximate surface area is 174 Å². The molecular formula is C21H23ClN2O5. The highest BCUT2D eigenvalue weighted by Gasteiger charge is 2.36. The van der Waals surface area contributed by atoms with Gasteiger partial charge in [-0.3, -0.25) is 9.59 Å². The summed E-state index contributed by atoms with van der Waals surface area (Å²) in [4.78, 5) is 26.8. The minimum absolute atomic E-state index is 0.107. The van der Waals surface area contributed by atoms with Crippen molar-refractivity contribution in [2.45, 2.75) is 13.3 Å². The number of nitrogens with zero attached hydrogens (tertiary/aromatic N) is 1. The van der Waals surface area contributed by atoms with Crippen molar-refractivity contribution in [3.63, 3.8) is 0 Å². The van der Waals surface area contributed by atoms with E-state index in [1.54, 1.807) is 36.4 Å². The third-order valence-corrected chi connectivity index (χ3v) is 4.89. The molecule has 0 aliphatic carbocycles. The van der Waals surface area contributed by atoms with Crippen molar-refractivity contribution in [1.29, 1.82) is 0 Å². The van der Waals surface area contributed by atoms with Crippen LogP contribution in [0.1, 0.15) is 13.3 Å². The Bertz CT molecular complexity index is 918. The van der Waals surface area contributed by atoms with Crippen LogP contribution in [0, 0.1) is 5.92 Å². The summed E-state index contributed by atoms with van der Waals surface area (Å²) >= 11 is 6.08. The van der Waals surface area contributed by atoms with E-state index in [1.165, 1.54) is 19.1 Å². The number of nitrogens with one attached hydrogen (secondary N) is 1. The van der Waals surface area contributed by atoms with Crippen LogP contribution in [-0.2, 0) is 9.59 Å². The lowest BCUT2D eigenvalue weighted by Gasteiger charge is -2.20. The minimum atomic E-state index is -0.497. The van der Waals surface area contributed by atoms with Crippen LogP contribution < -0.4 is 24.4 Å². The molecule has 1 saturated heterocycles. The van der Waals surface area contributed by atoms with Gasteiger partial charge in [-0.2, -0.15) is 0 Å². The predicted molar refractivity (Wildman–Crippen MR) is 111 cm³/mol. The fraction of sp³-hybridized carbons (Fsp3) is 0.333. The fourth-order valence-corrected chi connectivity index (χ4v) is 3.42. The smallest absolute Gasteiger partial charge is 0.229 e. The van der Waals surface area contributed by atoms with Crippen molar-refractivity contribution >= 4 is 34.8 Å². The average Bonchev–Trinajstić information content (AvgIpc) is 3.11. The van der Waals surface area contributed by atoms with Crippen LogP contribution in [0.4, 0.5) is 11.4 Å². The summed E-state index contributed by atoms with van der Waals surface area (Å²) < 4.78 is 16.1. The summed E-state index contributed by atoms with van der Waals surface area (Å²) in [7, 11) is 3.06. The van der Waals surface area contributed by atoms with Gasteiger partial charge in [0, 0.05) is 29.7 Å². The molecule has 154 valence electrons. The van der Waals surface area contributed by atoms with E-state index in [9.17, 15) is 9.59 Å². The molecular weight excluding hydrogens is 396 g/mol. The molecule has 3 rings (SSSR count). The SMILES string of the molecule is CCOc1ccc(NC(=O)[C@H]2CC(=O)N(c3cc(Cl)ccc3OC)C2)cc1OC. The topological polar surface area (TPSA) is 77.1 Å². The maximum absolute atomic E-state index is 12.7. The number of amides is 2. The maximum atomic E-state index is 12.7. The van der Waals surface area contributed by atoms with E-state index in [2.05, 4.69) is 5.32 Å². The van der Waals surface area contributed by atoms with Crippen LogP contribution in [0.3, 0.4) is 0 Å². The van der Waals surface area contributed by atoms with E-state index in [4.69, 9.17) is 25.8 Å². The molecule has 1 fully saturated rings. The first-order valence-electron chi connectivity index (χ1n) is 9.22. The van der Waals surface area contributed by atoms with Crippen LogP contribution in [-0.4, -0.2) is 39.2 Å². The van der Waals surface area contributed by atoms with Gasteiger partial charge in [-0.15, -0.1) is 0 Å². The number of benzene rings is 2. The van der Waals surface area contributed by atoms with Gasteiger partial charge in [0.2, 0.25) is 11.8 Å². The first-order valence-corrected chi connectivity index (χ1v) is 9.60. The molecule has 2 aromatic carbocycles. The second-order valence-electron chi connectivity index (χ2n) is 6.51. The van der Waals surface area contributed by atoms with Gasteiger partial charge in [0.15, 0.2) is 11.5 Å². The first-order chi connectivity index (χ1) is 14.0. The van der Waals surface area contributed by atoms with Crippen LogP contribution in [0.15, 0.2) is 36.4 Å². The number of carbonyl (C=O) groups excluding carboxylic acids is 2. The van der Waals surface area contributed by atoms with Crippen molar-refractivity contribution in [2.24, 2.45) is 5.92 Å². The Kier molecular flexibility index (Phi) is 6.49. The number of hydrogen-bond acceptors (Lipinski definition) is 5. The lowest BCUT2D eigenvalue weighted by atomic mass is 10.1. The van der Waals surface area contributed by atoms with Crippen LogP contribution >= 0.6 is 11.6 Å². The van der Waals surface area contributed by atoms with Crippen molar-refractivity contribution in [3.8, 4) is 17.2 Å². The van der Waals surface area contributed by atoms with Crippen LogP contribution in [0.25, 0.3) is 0 Å². The standard InChI is InChI=1S/C21H23ClN2O5/c1-4-29-18-8-6-15(11-19(18)28-3)23-21(26)13-9-20(25)24(12-13)16-10-14(22)5-7-17(16)27-2/h5-8,10-11,13H,4,9,12H2,1-3H3,(H,23,26)/t13-/m0/s1. The molecule has 0 bridgehead atoms. The van der Waals surface area contributed by atoms with Crippen molar-refractivity contribution in [3.05, 3.63) is 41.4 Å². The minimum Gasteiger partial charge on any atom is -0.495 e. The van der Waals surface area contributed by atoms with Gasteiger partial charge in [-0.1, -0.05) is 11.6 Å². The molecule has 1 aliphatic heterocycles. The average molecular weight is 419 g/mol. The van der Waals surface area contributed by atoms with E-state index < -0.39 is 5.92 Å². The third-order valence-electron chi connectivity index (χ3n) is 4.66. The largest absolute Gasteiger partial charge is 0.495 e. The molecule has 1 atom stereocenters. The molecule has 0 aromatic heterocycles. The second-order valence-corrected chi connectivity index (χ2v) is 6.95. The third kappa shape index (κ3) is 4.56. The van der Waals surface area contributed by atoms with Gasteiger partial charge in [0.1, 0.15) is 5.75 Å². The number of hydrogen-bond donors (Lipinski definition) is 1. The van der Waals surface area contributed by atoms with E-state index >= 15 is 0 Å². The Morgan fingerprint density at radius 1 is 1.14 bits per heavy atom. The number of anilines is 2. The highest BCUT2D eigenvalue weighted by Crippen LogP contribution is 2.36. The molecule has 0 saturated carbocycles. The van der Waals surface area contributed by atoms with E-state index in [1.807, 2.05) is 6.92 Å². The summed E-state index contributed by atoms with van der Waals surface area (Å²) in [5.41, 5.74) is 1.13. The summed E-state index contributed by atoms with van der Waals surface area (Å²) in [6, 6.07) is 10.2. The Morgan fingerprint density at radius 3 is 2.55 bits per heavy atom. The lowest BCUT2D eigenvalue weighted by molar-refractivity contribution is -0.122. The number of ether oxygens (including phenoxy) is 3. The second kappa shape index (κ2) is 9.05. The number of halogens is 1. The van der Waals surface area contributed by atoms with E-state index in [-0.39, 0.29) is 24.8 Å². The van der Waals surface area contributed by atoms with Crippen molar-refractivity contribution in [2.75, 3.05) is 37.6 Å². The van der Waals surface area contributed by atoms with Gasteiger partial charge >= 0.3 is 0 Å². The molecule has 2 amide bonds. The van der Waals surface area contributed by atoms with Crippen molar-refractivity contribution in [1.82, 2.24) is 0 Å². The number of carbonyl (C=O) groups is 2. The molecule has 29 heavy (non-hydrogen) atoms. The van der Waals surface area contributed by atoms with Crippen LogP contribution in [0.5, 0.6) is 17.2 Å². The Hall–Kier alpha value is -2.93. The van der Waals surface area contributed by atoms with Gasteiger partial charge < -0.3 is 24.4 Å². The number of methoxy groups -OCH3 is 2. The van der Waals surface area contributed by atoms with Gasteiger partial charge in [0.25, 0.3) is 0 Å². The van der Waals surface area contributed by atoms with E-state index in [0.717, 1.165) is 0 Å². The Morgan fingerprint density at radius 2 is 1.86 bits per heavy atom. The molecule has 1 N–H and O–H groups in total. The molecule has 7 nitrogen and oxygen atoms in total. The fourth-order valence-electron chi connectivity index (χ4n) is 3.25. The maximum Gasteiger partial charge on any atom is 0.229 e. The zero-order valence-corrected chi connectivity index (χ0v) is 17.3. The number of rotatable bonds is 7. The molecule has 0 spiro atoms. The molecule has 0 radical (unpaired) electrons. The summed E-state index contributed by atoms with van der Waals surface area (Å²) in [5, 5.41) is 3.34. The first kappa shape index (κ1) is 20.8. The molecule has 0 unspecified atom stereocenters. The summed E-state index contributed by atoms with van der Waals surface area (Å²) in [6.45, 7) is 2.64. The highest BCUT2D eigenvalue weighted by molar-refractivity contribution is 6.31. The highest BCUT2D eigenvalue weighted by atomic mass is 35.5. The lowest BCUT2D eigenvalue weighted by Crippen LogP contribution is -2.28. The summed E-state index contributed by atoms with van der Waals surface area (Å²) in [6.07, 6.45) is 0.107. The normalized spacial score (nSPS) is 15.9. The van der Waals surface area contributed by atoms with Crippen molar-refractivity contribution < 1.29 is 23.8 Å². The molecule has 1 aliphatic rings. The molecule has 1 heterocycles. The van der Waals surface area contributed by atoms with Gasteiger partial charge in [0.05, 0.1) is 32.4 Å².